The summed E-state index contributed by atoms with van der Waals surface area (Å²) < 4.78 is 13.9. The molecule has 1 heterocycles. The fraction of sp³-hybridized carbons (Fsp3) is 0.300. The molecule has 4 heteroatoms. The molecule has 1 atom stereocenters. The molecule has 2 N–H and O–H groups in total. The summed E-state index contributed by atoms with van der Waals surface area (Å²) in [6.45, 7) is 3.99. The topological polar surface area (TPSA) is 32.5 Å². The summed E-state index contributed by atoms with van der Waals surface area (Å²) in [6, 6.07) is 17.4. The molecule has 0 saturated carbocycles. The highest BCUT2D eigenvalue weighted by molar-refractivity contribution is 5.50. The second kappa shape index (κ2) is 8.08. The van der Waals surface area contributed by atoms with Crippen LogP contribution in [0.4, 0.5) is 10.1 Å². The van der Waals surface area contributed by atoms with Gasteiger partial charge in [-0.15, -0.1) is 0 Å². The predicted molar refractivity (Wildman–Crippen MR) is 98.5 cm³/mol. The van der Waals surface area contributed by atoms with E-state index in [0.29, 0.717) is 12.2 Å². The second-order valence-corrected chi connectivity index (χ2v) is 6.05. The van der Waals surface area contributed by atoms with Crippen LogP contribution in [0.5, 0.6) is 0 Å². The van der Waals surface area contributed by atoms with E-state index in [4.69, 9.17) is 5.73 Å². The summed E-state index contributed by atoms with van der Waals surface area (Å²) in [5, 5.41) is 0. The van der Waals surface area contributed by atoms with Gasteiger partial charge < -0.3 is 10.6 Å². The zero-order chi connectivity index (χ0) is 16.8. The largest absolute Gasteiger partial charge is 0.367 e. The predicted octanol–water partition coefficient (Wildman–Crippen LogP) is 2.99. The lowest BCUT2D eigenvalue weighted by Crippen LogP contribution is -2.52. The molecule has 0 aromatic heterocycles. The Bertz CT molecular complexity index is 664. The molecule has 24 heavy (non-hydrogen) atoms. The molecule has 0 amide bonds. The highest BCUT2D eigenvalue weighted by Gasteiger charge is 2.22. The molecule has 0 spiro atoms. The van der Waals surface area contributed by atoms with E-state index in [0.717, 1.165) is 26.2 Å². The average molecular weight is 325 g/mol. The first-order valence-electron chi connectivity index (χ1n) is 8.45. The number of hydrogen-bond acceptors (Lipinski definition) is 3. The molecule has 0 bridgehead atoms. The number of hydrogen-bond donors (Lipinski definition) is 1. The van der Waals surface area contributed by atoms with Crippen LogP contribution in [0.1, 0.15) is 5.56 Å². The van der Waals surface area contributed by atoms with Crippen LogP contribution in [-0.2, 0) is 0 Å². The molecule has 1 unspecified atom stereocenters. The number of halogens is 1. The minimum Gasteiger partial charge on any atom is -0.367 e. The Kier molecular flexibility index (Phi) is 5.62. The van der Waals surface area contributed by atoms with Crippen molar-refractivity contribution in [3.63, 3.8) is 0 Å². The summed E-state index contributed by atoms with van der Waals surface area (Å²) in [5.41, 5.74) is 7.85. The van der Waals surface area contributed by atoms with Crippen molar-refractivity contribution < 1.29 is 4.39 Å². The molecule has 3 nitrogen and oxygen atoms in total. The first kappa shape index (κ1) is 16.7. The van der Waals surface area contributed by atoms with Gasteiger partial charge >= 0.3 is 0 Å². The van der Waals surface area contributed by atoms with Gasteiger partial charge in [-0.3, -0.25) is 4.90 Å². The van der Waals surface area contributed by atoms with E-state index < -0.39 is 0 Å². The van der Waals surface area contributed by atoms with Gasteiger partial charge in [-0.2, -0.15) is 0 Å². The van der Waals surface area contributed by atoms with Gasteiger partial charge in [0.25, 0.3) is 0 Å². The Labute approximate surface area is 143 Å². The normalized spacial score (nSPS) is 17.3. The Balaban J connectivity index is 1.60. The van der Waals surface area contributed by atoms with Gasteiger partial charge in [0, 0.05) is 38.8 Å². The van der Waals surface area contributed by atoms with Gasteiger partial charge in [0.15, 0.2) is 0 Å². The van der Waals surface area contributed by atoms with E-state index in [1.54, 1.807) is 6.07 Å². The van der Waals surface area contributed by atoms with Crippen molar-refractivity contribution in [2.24, 2.45) is 5.73 Å². The van der Waals surface area contributed by atoms with E-state index in [2.05, 4.69) is 34.1 Å². The summed E-state index contributed by atoms with van der Waals surface area (Å²) in [4.78, 5) is 4.48. The van der Waals surface area contributed by atoms with E-state index in [1.165, 1.54) is 11.6 Å². The van der Waals surface area contributed by atoms with E-state index in [-0.39, 0.29) is 11.9 Å². The lowest BCUT2D eigenvalue weighted by molar-refractivity contribution is 0.220. The SMILES string of the molecule is NCC(/C=C\c1ccccc1)N1CCN(c2ccccc2F)CC1. The third kappa shape index (κ3) is 4.02. The first-order valence-corrected chi connectivity index (χ1v) is 8.45. The monoisotopic (exact) mass is 325 g/mol. The van der Waals surface area contributed by atoms with Crippen molar-refractivity contribution >= 4 is 11.8 Å². The molecule has 3 rings (SSSR count). The summed E-state index contributed by atoms with van der Waals surface area (Å²) in [7, 11) is 0. The lowest BCUT2D eigenvalue weighted by atomic mass is 10.1. The van der Waals surface area contributed by atoms with Gasteiger partial charge in [0.05, 0.1) is 5.69 Å². The Morgan fingerprint density at radius 2 is 1.62 bits per heavy atom. The Morgan fingerprint density at radius 3 is 2.29 bits per heavy atom. The lowest BCUT2D eigenvalue weighted by Gasteiger charge is -2.39. The number of nitrogens with zero attached hydrogens (tertiary/aromatic N) is 2. The van der Waals surface area contributed by atoms with E-state index >= 15 is 0 Å². The van der Waals surface area contributed by atoms with Crippen LogP contribution in [0.15, 0.2) is 60.7 Å². The van der Waals surface area contributed by atoms with Gasteiger partial charge in [0.1, 0.15) is 5.82 Å². The van der Waals surface area contributed by atoms with Crippen molar-refractivity contribution in [1.82, 2.24) is 4.90 Å². The maximum Gasteiger partial charge on any atom is 0.146 e. The van der Waals surface area contributed by atoms with Crippen molar-refractivity contribution in [3.05, 3.63) is 72.1 Å². The molecular weight excluding hydrogens is 301 g/mol. The molecule has 1 aliphatic rings. The standard InChI is InChI=1S/C20H24FN3/c21-19-8-4-5-9-20(19)24-14-12-23(13-15-24)18(16-22)11-10-17-6-2-1-3-7-17/h1-11,18H,12-16,22H2/b11-10-. The van der Waals surface area contributed by atoms with Crippen molar-refractivity contribution in [2.75, 3.05) is 37.6 Å². The van der Waals surface area contributed by atoms with Crippen LogP contribution in [0, 0.1) is 5.82 Å². The minimum absolute atomic E-state index is 0.148. The van der Waals surface area contributed by atoms with Gasteiger partial charge in [-0.25, -0.2) is 4.39 Å². The van der Waals surface area contributed by atoms with Gasteiger partial charge in [-0.05, 0) is 17.7 Å². The second-order valence-electron chi connectivity index (χ2n) is 6.05. The van der Waals surface area contributed by atoms with Crippen LogP contribution in [0.3, 0.4) is 0 Å². The Morgan fingerprint density at radius 1 is 0.958 bits per heavy atom. The highest BCUT2D eigenvalue weighted by Crippen LogP contribution is 2.21. The molecular formula is C20H24FN3. The van der Waals surface area contributed by atoms with Crippen molar-refractivity contribution in [1.29, 1.82) is 0 Å². The first-order chi connectivity index (χ1) is 11.8. The zero-order valence-corrected chi connectivity index (χ0v) is 13.8. The number of rotatable bonds is 5. The van der Waals surface area contributed by atoms with E-state index in [1.807, 2.05) is 30.3 Å². The fourth-order valence-corrected chi connectivity index (χ4v) is 3.14. The van der Waals surface area contributed by atoms with Crippen LogP contribution in [0.2, 0.25) is 0 Å². The molecule has 0 radical (unpaired) electrons. The van der Waals surface area contributed by atoms with Crippen LogP contribution in [0.25, 0.3) is 6.08 Å². The quantitative estimate of drug-likeness (QED) is 0.917. The maximum absolute atomic E-state index is 13.9. The smallest absolute Gasteiger partial charge is 0.146 e. The fourth-order valence-electron chi connectivity index (χ4n) is 3.14. The zero-order valence-electron chi connectivity index (χ0n) is 13.8. The molecule has 2 aromatic carbocycles. The number of nitrogens with two attached hydrogens (primary N) is 1. The van der Waals surface area contributed by atoms with Gasteiger partial charge in [0.2, 0.25) is 0 Å². The number of benzene rings is 2. The average Bonchev–Trinajstić information content (AvgIpc) is 2.64. The molecule has 1 saturated heterocycles. The molecule has 1 fully saturated rings. The third-order valence-electron chi connectivity index (χ3n) is 4.53. The Hall–Kier alpha value is -2.17. The van der Waals surface area contributed by atoms with Crippen LogP contribution < -0.4 is 10.6 Å². The molecule has 0 aliphatic carbocycles. The van der Waals surface area contributed by atoms with Crippen LogP contribution in [-0.4, -0.2) is 43.7 Å². The van der Waals surface area contributed by atoms with E-state index in [9.17, 15) is 4.39 Å². The molecule has 2 aromatic rings. The number of anilines is 1. The molecule has 1 aliphatic heterocycles. The van der Waals surface area contributed by atoms with Crippen molar-refractivity contribution in [2.45, 2.75) is 6.04 Å². The molecule has 126 valence electrons. The highest BCUT2D eigenvalue weighted by atomic mass is 19.1. The summed E-state index contributed by atoms with van der Waals surface area (Å²) in [5.74, 6) is -0.148. The number of para-hydroxylation sites is 1. The third-order valence-corrected chi connectivity index (χ3v) is 4.53. The maximum atomic E-state index is 13.9. The van der Waals surface area contributed by atoms with Gasteiger partial charge in [-0.1, -0.05) is 54.6 Å². The minimum atomic E-state index is -0.148. The summed E-state index contributed by atoms with van der Waals surface area (Å²) in [6.07, 6.45) is 4.30. The summed E-state index contributed by atoms with van der Waals surface area (Å²) >= 11 is 0. The number of piperazine rings is 1. The van der Waals surface area contributed by atoms with Crippen molar-refractivity contribution in [3.8, 4) is 0 Å². The van der Waals surface area contributed by atoms with Crippen LogP contribution >= 0.6 is 0 Å².